The minimum atomic E-state index is -0.375. The fourth-order valence-corrected chi connectivity index (χ4v) is 2.27. The number of aromatic nitrogens is 2. The van der Waals surface area contributed by atoms with Crippen LogP contribution in [0.25, 0.3) is 0 Å². The van der Waals surface area contributed by atoms with Crippen molar-refractivity contribution in [3.05, 3.63) is 83.4 Å². The molecule has 0 radical (unpaired) electrons. The second-order valence-corrected chi connectivity index (χ2v) is 5.31. The smallest absolute Gasteiger partial charge is 0.255 e. The van der Waals surface area contributed by atoms with Crippen LogP contribution in [0.2, 0.25) is 0 Å². The number of nitrogens with zero attached hydrogens (tertiary/aromatic N) is 2. The third kappa shape index (κ3) is 3.63. The van der Waals surface area contributed by atoms with Gasteiger partial charge in [-0.2, -0.15) is 5.10 Å². The standard InChI is InChI=1S/C18H16FN3O/c1-13-3-8-16(19)11-17(13)21-18(23)15-6-4-14(5-7-15)12-22-10-2-9-20-22/h2-11H,12H2,1H3,(H,21,23). The third-order valence-corrected chi connectivity index (χ3v) is 3.57. The predicted octanol–water partition coefficient (Wildman–Crippen LogP) is 3.63. The van der Waals surface area contributed by atoms with Crippen molar-refractivity contribution < 1.29 is 9.18 Å². The predicted molar refractivity (Wildman–Crippen MR) is 86.9 cm³/mol. The maximum atomic E-state index is 13.3. The minimum absolute atomic E-state index is 0.260. The number of aryl methyl sites for hydroxylation is 1. The Morgan fingerprint density at radius 3 is 2.70 bits per heavy atom. The molecule has 0 aliphatic carbocycles. The summed E-state index contributed by atoms with van der Waals surface area (Å²) in [5, 5.41) is 6.88. The number of halogens is 1. The maximum absolute atomic E-state index is 13.3. The van der Waals surface area contributed by atoms with Gasteiger partial charge in [-0.05, 0) is 48.4 Å². The van der Waals surface area contributed by atoms with E-state index in [0.29, 0.717) is 17.8 Å². The van der Waals surface area contributed by atoms with Crippen LogP contribution >= 0.6 is 0 Å². The topological polar surface area (TPSA) is 46.9 Å². The van der Waals surface area contributed by atoms with Crippen molar-refractivity contribution >= 4 is 11.6 Å². The van der Waals surface area contributed by atoms with Crippen LogP contribution in [0.3, 0.4) is 0 Å². The van der Waals surface area contributed by atoms with Gasteiger partial charge in [0, 0.05) is 23.6 Å². The average molecular weight is 309 g/mol. The summed E-state index contributed by atoms with van der Waals surface area (Å²) in [4.78, 5) is 12.3. The van der Waals surface area contributed by atoms with Crippen LogP contribution in [0.1, 0.15) is 21.5 Å². The first kappa shape index (κ1) is 15.0. The van der Waals surface area contributed by atoms with Gasteiger partial charge in [0.05, 0.1) is 6.54 Å². The van der Waals surface area contributed by atoms with Gasteiger partial charge in [0.1, 0.15) is 5.82 Å². The Kier molecular flexibility index (Phi) is 4.19. The molecule has 0 saturated carbocycles. The molecule has 0 saturated heterocycles. The Morgan fingerprint density at radius 1 is 1.22 bits per heavy atom. The Morgan fingerprint density at radius 2 is 2.00 bits per heavy atom. The van der Waals surface area contributed by atoms with E-state index in [0.717, 1.165) is 11.1 Å². The molecular formula is C18H16FN3O. The molecule has 0 aliphatic rings. The molecule has 2 aromatic carbocycles. The van der Waals surface area contributed by atoms with Gasteiger partial charge in [-0.3, -0.25) is 9.48 Å². The summed E-state index contributed by atoms with van der Waals surface area (Å²) in [5.74, 6) is -0.634. The largest absolute Gasteiger partial charge is 0.322 e. The first-order valence-electron chi connectivity index (χ1n) is 7.26. The van der Waals surface area contributed by atoms with Crippen LogP contribution in [0.15, 0.2) is 60.9 Å². The Bertz CT molecular complexity index is 811. The van der Waals surface area contributed by atoms with Crippen LogP contribution in [0.4, 0.5) is 10.1 Å². The van der Waals surface area contributed by atoms with Crippen LogP contribution in [-0.4, -0.2) is 15.7 Å². The molecule has 3 aromatic rings. The summed E-state index contributed by atoms with van der Waals surface area (Å²) in [6, 6.07) is 13.5. The normalized spacial score (nSPS) is 10.5. The Balaban J connectivity index is 1.71. The lowest BCUT2D eigenvalue weighted by molar-refractivity contribution is 0.102. The second-order valence-electron chi connectivity index (χ2n) is 5.31. The molecule has 0 aliphatic heterocycles. The van der Waals surface area contributed by atoms with Crippen molar-refractivity contribution in [3.8, 4) is 0 Å². The van der Waals surface area contributed by atoms with Gasteiger partial charge in [0.15, 0.2) is 0 Å². The van der Waals surface area contributed by atoms with E-state index < -0.39 is 0 Å². The lowest BCUT2D eigenvalue weighted by Gasteiger charge is -2.09. The fourth-order valence-electron chi connectivity index (χ4n) is 2.27. The highest BCUT2D eigenvalue weighted by atomic mass is 19.1. The van der Waals surface area contributed by atoms with Crippen molar-refractivity contribution in [2.45, 2.75) is 13.5 Å². The molecule has 0 atom stereocenters. The molecule has 23 heavy (non-hydrogen) atoms. The Labute approximate surface area is 133 Å². The highest BCUT2D eigenvalue weighted by Crippen LogP contribution is 2.17. The van der Waals surface area contributed by atoms with Gasteiger partial charge in [-0.15, -0.1) is 0 Å². The zero-order chi connectivity index (χ0) is 16.2. The summed E-state index contributed by atoms with van der Waals surface area (Å²) in [6.07, 6.45) is 3.61. The zero-order valence-electron chi connectivity index (χ0n) is 12.7. The van der Waals surface area contributed by atoms with Crippen molar-refractivity contribution in [3.63, 3.8) is 0 Å². The van der Waals surface area contributed by atoms with E-state index in [9.17, 15) is 9.18 Å². The van der Waals surface area contributed by atoms with E-state index >= 15 is 0 Å². The summed E-state index contributed by atoms with van der Waals surface area (Å²) in [5.41, 5.74) is 2.87. The van der Waals surface area contributed by atoms with E-state index in [1.165, 1.54) is 12.1 Å². The SMILES string of the molecule is Cc1ccc(F)cc1NC(=O)c1ccc(Cn2cccn2)cc1. The fraction of sp³-hybridized carbons (Fsp3) is 0.111. The van der Waals surface area contributed by atoms with Gasteiger partial charge in [0.2, 0.25) is 0 Å². The van der Waals surface area contributed by atoms with Crippen molar-refractivity contribution in [1.29, 1.82) is 0 Å². The van der Waals surface area contributed by atoms with E-state index in [2.05, 4.69) is 10.4 Å². The first-order chi connectivity index (χ1) is 11.1. The summed E-state index contributed by atoms with van der Waals surface area (Å²) >= 11 is 0. The molecule has 0 spiro atoms. The average Bonchev–Trinajstić information content (AvgIpc) is 3.04. The number of rotatable bonds is 4. The van der Waals surface area contributed by atoms with Gasteiger partial charge in [0.25, 0.3) is 5.91 Å². The number of nitrogens with one attached hydrogen (secondary N) is 1. The number of amides is 1. The van der Waals surface area contributed by atoms with Crippen molar-refractivity contribution in [1.82, 2.24) is 9.78 Å². The maximum Gasteiger partial charge on any atom is 0.255 e. The van der Waals surface area contributed by atoms with Crippen molar-refractivity contribution in [2.75, 3.05) is 5.32 Å². The quantitative estimate of drug-likeness (QED) is 0.800. The van der Waals surface area contributed by atoms with Crippen LogP contribution in [0, 0.1) is 12.7 Å². The summed E-state index contributed by atoms with van der Waals surface area (Å²) in [6.45, 7) is 2.47. The van der Waals surface area contributed by atoms with Crippen LogP contribution in [0.5, 0.6) is 0 Å². The molecule has 3 rings (SSSR count). The second kappa shape index (κ2) is 6.44. The van der Waals surface area contributed by atoms with E-state index in [1.54, 1.807) is 24.4 Å². The van der Waals surface area contributed by atoms with E-state index in [1.807, 2.05) is 36.0 Å². The van der Waals surface area contributed by atoms with E-state index in [4.69, 9.17) is 0 Å². The molecule has 4 nitrogen and oxygen atoms in total. The summed E-state index contributed by atoms with van der Waals surface area (Å²) in [7, 11) is 0. The molecule has 0 unspecified atom stereocenters. The summed E-state index contributed by atoms with van der Waals surface area (Å²) < 4.78 is 15.1. The number of hydrogen-bond acceptors (Lipinski definition) is 2. The molecular weight excluding hydrogens is 293 g/mol. The van der Waals surface area contributed by atoms with Crippen LogP contribution in [-0.2, 0) is 6.54 Å². The lowest BCUT2D eigenvalue weighted by Crippen LogP contribution is -2.13. The lowest BCUT2D eigenvalue weighted by atomic mass is 10.1. The molecule has 1 aromatic heterocycles. The number of hydrogen-bond donors (Lipinski definition) is 1. The number of anilines is 1. The third-order valence-electron chi connectivity index (χ3n) is 3.57. The molecule has 1 N–H and O–H groups in total. The van der Waals surface area contributed by atoms with Gasteiger partial charge in [-0.25, -0.2) is 4.39 Å². The zero-order valence-corrected chi connectivity index (χ0v) is 12.7. The molecule has 0 bridgehead atoms. The number of carbonyl (C=O) groups is 1. The van der Waals surface area contributed by atoms with E-state index in [-0.39, 0.29) is 11.7 Å². The van der Waals surface area contributed by atoms with Gasteiger partial charge >= 0.3 is 0 Å². The molecule has 0 fully saturated rings. The molecule has 5 heteroatoms. The number of benzene rings is 2. The minimum Gasteiger partial charge on any atom is -0.322 e. The molecule has 116 valence electrons. The Hall–Kier alpha value is -2.95. The highest BCUT2D eigenvalue weighted by molar-refractivity contribution is 6.04. The highest BCUT2D eigenvalue weighted by Gasteiger charge is 2.08. The van der Waals surface area contributed by atoms with Gasteiger partial charge in [-0.1, -0.05) is 18.2 Å². The van der Waals surface area contributed by atoms with Crippen molar-refractivity contribution in [2.24, 2.45) is 0 Å². The monoisotopic (exact) mass is 309 g/mol. The first-order valence-corrected chi connectivity index (χ1v) is 7.26. The molecule has 1 amide bonds. The van der Waals surface area contributed by atoms with Crippen LogP contribution < -0.4 is 5.32 Å². The molecule has 1 heterocycles. The number of carbonyl (C=O) groups excluding carboxylic acids is 1. The van der Waals surface area contributed by atoms with Gasteiger partial charge < -0.3 is 5.32 Å².